The van der Waals surface area contributed by atoms with Crippen LogP contribution < -0.4 is 5.32 Å². The van der Waals surface area contributed by atoms with Gasteiger partial charge >= 0.3 is 0 Å². The van der Waals surface area contributed by atoms with Crippen molar-refractivity contribution in [3.05, 3.63) is 35.9 Å². The lowest BCUT2D eigenvalue weighted by Crippen LogP contribution is -2.51. The molecular weight excluding hydrogens is 350 g/mol. The van der Waals surface area contributed by atoms with E-state index in [1.165, 1.54) is 12.8 Å². The molecular formula is C23H33N3O2. The Labute approximate surface area is 168 Å². The molecule has 0 aromatic heterocycles. The quantitative estimate of drug-likeness (QED) is 0.822. The average molecular weight is 384 g/mol. The Balaban J connectivity index is 1.22. The monoisotopic (exact) mass is 383 g/mol. The van der Waals surface area contributed by atoms with E-state index in [0.717, 1.165) is 63.8 Å². The van der Waals surface area contributed by atoms with Crippen LogP contribution in [-0.4, -0.2) is 53.8 Å². The van der Waals surface area contributed by atoms with Crippen LogP contribution in [0.5, 0.6) is 0 Å². The number of carbonyl (C=O) groups is 2. The van der Waals surface area contributed by atoms with Crippen molar-refractivity contribution in [3.63, 3.8) is 0 Å². The lowest BCUT2D eigenvalue weighted by molar-refractivity contribution is -0.133. The second kappa shape index (κ2) is 9.08. The molecule has 1 saturated carbocycles. The molecule has 1 aromatic rings. The van der Waals surface area contributed by atoms with E-state index < -0.39 is 0 Å². The molecule has 1 aromatic carbocycles. The molecule has 5 nitrogen and oxygen atoms in total. The fraction of sp³-hybridized carbons (Fsp3) is 0.652. The fourth-order valence-electron chi connectivity index (χ4n) is 4.66. The van der Waals surface area contributed by atoms with E-state index in [9.17, 15) is 9.59 Å². The van der Waals surface area contributed by atoms with Crippen molar-refractivity contribution in [3.8, 4) is 0 Å². The summed E-state index contributed by atoms with van der Waals surface area (Å²) in [5, 5.41) is 3.12. The van der Waals surface area contributed by atoms with E-state index in [-0.39, 0.29) is 11.8 Å². The average Bonchev–Trinajstić information content (AvgIpc) is 3.57. The summed E-state index contributed by atoms with van der Waals surface area (Å²) in [4.78, 5) is 29.6. The first-order valence-corrected chi connectivity index (χ1v) is 11.0. The number of hydrogen-bond acceptors (Lipinski definition) is 3. The topological polar surface area (TPSA) is 52.7 Å². The van der Waals surface area contributed by atoms with Gasteiger partial charge < -0.3 is 10.2 Å². The number of nitrogens with one attached hydrogen (secondary N) is 1. The molecule has 2 aliphatic heterocycles. The van der Waals surface area contributed by atoms with Crippen LogP contribution in [0.25, 0.3) is 0 Å². The summed E-state index contributed by atoms with van der Waals surface area (Å²) in [6, 6.07) is 10.6. The minimum absolute atomic E-state index is 0.0898. The first-order chi connectivity index (χ1) is 13.7. The highest BCUT2D eigenvalue weighted by Crippen LogP contribution is 2.33. The third-order valence-electron chi connectivity index (χ3n) is 6.63. The predicted octanol–water partition coefficient (Wildman–Crippen LogP) is 2.81. The fourth-order valence-corrected chi connectivity index (χ4v) is 4.66. The van der Waals surface area contributed by atoms with Crippen molar-refractivity contribution in [2.45, 2.75) is 57.5 Å². The van der Waals surface area contributed by atoms with Crippen molar-refractivity contribution < 1.29 is 9.59 Å². The van der Waals surface area contributed by atoms with Gasteiger partial charge in [-0.25, -0.2) is 0 Å². The zero-order valence-electron chi connectivity index (χ0n) is 16.8. The van der Waals surface area contributed by atoms with Crippen molar-refractivity contribution in [1.82, 2.24) is 15.1 Å². The molecule has 28 heavy (non-hydrogen) atoms. The largest absolute Gasteiger partial charge is 0.352 e. The third kappa shape index (κ3) is 5.13. The Morgan fingerprint density at radius 1 is 0.964 bits per heavy atom. The molecule has 2 heterocycles. The maximum absolute atomic E-state index is 12.7. The van der Waals surface area contributed by atoms with Gasteiger partial charge in [0.2, 0.25) is 11.8 Å². The molecule has 2 amide bonds. The summed E-state index contributed by atoms with van der Waals surface area (Å²) < 4.78 is 0. The Hall–Kier alpha value is -1.88. The first-order valence-electron chi connectivity index (χ1n) is 11.0. The summed E-state index contributed by atoms with van der Waals surface area (Å²) in [7, 11) is 0. The lowest BCUT2D eigenvalue weighted by atomic mass is 9.93. The Bertz CT molecular complexity index is 666. The molecule has 1 N–H and O–H groups in total. The van der Waals surface area contributed by atoms with Crippen LogP contribution in [0.2, 0.25) is 0 Å². The van der Waals surface area contributed by atoms with Crippen LogP contribution in [-0.2, 0) is 16.1 Å². The molecule has 0 spiro atoms. The van der Waals surface area contributed by atoms with E-state index in [1.807, 2.05) is 30.3 Å². The van der Waals surface area contributed by atoms with Crippen molar-refractivity contribution in [1.29, 1.82) is 0 Å². The molecule has 0 bridgehead atoms. The molecule has 5 heteroatoms. The van der Waals surface area contributed by atoms with Gasteiger partial charge in [0.15, 0.2) is 0 Å². The molecule has 1 unspecified atom stereocenters. The van der Waals surface area contributed by atoms with Crippen LogP contribution in [0.3, 0.4) is 0 Å². The van der Waals surface area contributed by atoms with Gasteiger partial charge in [-0.1, -0.05) is 30.3 Å². The number of amides is 2. The van der Waals surface area contributed by atoms with E-state index in [4.69, 9.17) is 0 Å². The van der Waals surface area contributed by atoms with Gasteiger partial charge in [0.05, 0.1) is 5.92 Å². The van der Waals surface area contributed by atoms with E-state index in [0.29, 0.717) is 24.4 Å². The maximum Gasteiger partial charge on any atom is 0.224 e. The molecule has 4 rings (SSSR count). The molecule has 1 atom stereocenters. The predicted molar refractivity (Wildman–Crippen MR) is 110 cm³/mol. The number of rotatable bonds is 6. The van der Waals surface area contributed by atoms with Crippen molar-refractivity contribution >= 4 is 11.8 Å². The summed E-state index contributed by atoms with van der Waals surface area (Å²) in [6.07, 6.45) is 7.41. The van der Waals surface area contributed by atoms with Gasteiger partial charge in [-0.15, -0.1) is 0 Å². The normalized spacial score (nSPS) is 24.1. The summed E-state index contributed by atoms with van der Waals surface area (Å²) >= 11 is 0. The number of likely N-dealkylation sites (tertiary alicyclic amines) is 2. The van der Waals surface area contributed by atoms with Gasteiger partial charge in [0, 0.05) is 38.6 Å². The first kappa shape index (κ1) is 19.4. The van der Waals surface area contributed by atoms with Crippen LogP contribution in [0, 0.1) is 11.8 Å². The Morgan fingerprint density at radius 3 is 2.43 bits per heavy atom. The van der Waals surface area contributed by atoms with Gasteiger partial charge in [-0.05, 0) is 56.6 Å². The smallest absolute Gasteiger partial charge is 0.224 e. The number of piperidine rings is 2. The van der Waals surface area contributed by atoms with Crippen molar-refractivity contribution in [2.24, 2.45) is 11.8 Å². The SMILES string of the molecule is O=C(NCc1ccccc1)C1CCCN(C2CCN(C(=O)CC3CC3)CC2)C1. The highest BCUT2D eigenvalue weighted by molar-refractivity contribution is 5.79. The maximum atomic E-state index is 12.7. The van der Waals surface area contributed by atoms with Crippen LogP contribution in [0.4, 0.5) is 0 Å². The van der Waals surface area contributed by atoms with E-state index in [2.05, 4.69) is 15.1 Å². The molecule has 3 aliphatic rings. The van der Waals surface area contributed by atoms with Crippen molar-refractivity contribution in [2.75, 3.05) is 26.2 Å². The Morgan fingerprint density at radius 2 is 1.71 bits per heavy atom. The van der Waals surface area contributed by atoms with Crippen LogP contribution >= 0.6 is 0 Å². The van der Waals surface area contributed by atoms with Crippen LogP contribution in [0.1, 0.15) is 50.5 Å². The standard InChI is InChI=1S/C23H33N3O2/c27-22(15-18-8-9-18)25-13-10-21(11-14-25)26-12-4-7-20(17-26)23(28)24-16-19-5-2-1-3-6-19/h1-3,5-6,18,20-21H,4,7-17H2,(H,24,28). The third-order valence-corrected chi connectivity index (χ3v) is 6.63. The second-order valence-electron chi connectivity index (χ2n) is 8.80. The van der Waals surface area contributed by atoms with E-state index >= 15 is 0 Å². The minimum atomic E-state index is 0.0898. The molecule has 3 fully saturated rings. The Kier molecular flexibility index (Phi) is 6.30. The summed E-state index contributed by atoms with van der Waals surface area (Å²) in [6.45, 7) is 4.33. The molecule has 0 radical (unpaired) electrons. The van der Waals surface area contributed by atoms with E-state index in [1.54, 1.807) is 0 Å². The molecule has 152 valence electrons. The van der Waals surface area contributed by atoms with Gasteiger partial charge in [0.25, 0.3) is 0 Å². The van der Waals surface area contributed by atoms with Gasteiger partial charge in [-0.2, -0.15) is 0 Å². The number of carbonyl (C=O) groups excluding carboxylic acids is 2. The highest BCUT2D eigenvalue weighted by atomic mass is 16.2. The van der Waals surface area contributed by atoms with Crippen LogP contribution in [0.15, 0.2) is 30.3 Å². The summed E-state index contributed by atoms with van der Waals surface area (Å²) in [5.74, 6) is 1.30. The molecule has 2 saturated heterocycles. The zero-order chi connectivity index (χ0) is 19.3. The van der Waals surface area contributed by atoms with Gasteiger partial charge in [-0.3, -0.25) is 14.5 Å². The molecule has 1 aliphatic carbocycles. The number of nitrogens with zero attached hydrogens (tertiary/aromatic N) is 2. The highest BCUT2D eigenvalue weighted by Gasteiger charge is 2.33. The lowest BCUT2D eigenvalue weighted by Gasteiger charge is -2.42. The van der Waals surface area contributed by atoms with Gasteiger partial charge in [0.1, 0.15) is 0 Å². The minimum Gasteiger partial charge on any atom is -0.352 e. The number of benzene rings is 1. The second-order valence-corrected chi connectivity index (χ2v) is 8.80. The zero-order valence-corrected chi connectivity index (χ0v) is 16.8. The summed E-state index contributed by atoms with van der Waals surface area (Å²) in [5.41, 5.74) is 1.15. The number of hydrogen-bond donors (Lipinski definition) is 1.